The van der Waals surface area contributed by atoms with Gasteiger partial charge in [-0.2, -0.15) is 0 Å². The highest BCUT2D eigenvalue weighted by atomic mass is 32.2. The summed E-state index contributed by atoms with van der Waals surface area (Å²) in [5.41, 5.74) is 0. The van der Waals surface area contributed by atoms with E-state index in [1.54, 1.807) is 12.1 Å². The summed E-state index contributed by atoms with van der Waals surface area (Å²) in [6, 6.07) is 6.34. The highest BCUT2D eigenvalue weighted by molar-refractivity contribution is 7.85. The van der Waals surface area contributed by atoms with Crippen molar-refractivity contribution in [3.8, 4) is 0 Å². The SMILES string of the molecule is CNC1CCC(C)CC1S(=O)c1ccc(F)cc1. The number of hydrogen-bond donors (Lipinski definition) is 1. The highest BCUT2D eigenvalue weighted by Gasteiger charge is 2.32. The number of halogens is 1. The quantitative estimate of drug-likeness (QED) is 0.914. The lowest BCUT2D eigenvalue weighted by Crippen LogP contribution is -2.44. The molecule has 0 aromatic heterocycles. The molecule has 0 saturated heterocycles. The van der Waals surface area contributed by atoms with Gasteiger partial charge in [-0.1, -0.05) is 6.92 Å². The van der Waals surface area contributed by atoms with Crippen LogP contribution in [0.4, 0.5) is 4.39 Å². The average molecular weight is 269 g/mol. The summed E-state index contributed by atoms with van der Waals surface area (Å²) in [5.74, 6) is 0.335. The van der Waals surface area contributed by atoms with Gasteiger partial charge in [-0.25, -0.2) is 4.39 Å². The van der Waals surface area contributed by atoms with E-state index < -0.39 is 10.8 Å². The van der Waals surface area contributed by atoms with Gasteiger partial charge >= 0.3 is 0 Å². The van der Waals surface area contributed by atoms with Crippen LogP contribution in [0, 0.1) is 11.7 Å². The molecule has 2 nitrogen and oxygen atoms in total. The first-order chi connectivity index (χ1) is 8.61. The van der Waals surface area contributed by atoms with E-state index in [0.717, 1.165) is 17.7 Å². The van der Waals surface area contributed by atoms with E-state index in [0.29, 0.717) is 12.0 Å². The summed E-state index contributed by atoms with van der Waals surface area (Å²) in [6.07, 6.45) is 3.22. The predicted molar refractivity (Wildman–Crippen MR) is 72.5 cm³/mol. The molecule has 0 bridgehead atoms. The maximum Gasteiger partial charge on any atom is 0.123 e. The van der Waals surface area contributed by atoms with Crippen molar-refractivity contribution in [3.05, 3.63) is 30.1 Å². The van der Waals surface area contributed by atoms with E-state index in [1.165, 1.54) is 18.6 Å². The number of benzene rings is 1. The average Bonchev–Trinajstić information content (AvgIpc) is 2.39. The molecule has 1 aromatic rings. The molecule has 1 aliphatic carbocycles. The first-order valence-corrected chi connectivity index (χ1v) is 7.66. The molecular weight excluding hydrogens is 249 g/mol. The van der Waals surface area contributed by atoms with E-state index in [4.69, 9.17) is 0 Å². The molecule has 4 unspecified atom stereocenters. The minimum absolute atomic E-state index is 0.129. The van der Waals surface area contributed by atoms with Crippen LogP contribution >= 0.6 is 0 Å². The summed E-state index contributed by atoms with van der Waals surface area (Å²) in [7, 11) is 0.868. The fraction of sp³-hybridized carbons (Fsp3) is 0.571. The van der Waals surface area contributed by atoms with Crippen molar-refractivity contribution in [2.75, 3.05) is 7.05 Å². The molecule has 0 aliphatic heterocycles. The zero-order valence-electron chi connectivity index (χ0n) is 10.9. The van der Waals surface area contributed by atoms with Gasteiger partial charge in [-0.05, 0) is 56.5 Å². The molecule has 1 saturated carbocycles. The smallest absolute Gasteiger partial charge is 0.123 e. The molecule has 1 aliphatic rings. The van der Waals surface area contributed by atoms with Gasteiger partial charge in [-0.3, -0.25) is 4.21 Å². The topological polar surface area (TPSA) is 29.1 Å². The maximum atomic E-state index is 12.9. The van der Waals surface area contributed by atoms with Crippen LogP contribution in [0.15, 0.2) is 29.2 Å². The van der Waals surface area contributed by atoms with Gasteiger partial charge in [0.2, 0.25) is 0 Å². The van der Waals surface area contributed by atoms with E-state index in [-0.39, 0.29) is 11.1 Å². The Hall–Kier alpha value is -0.740. The molecule has 1 fully saturated rings. The third-order valence-corrected chi connectivity index (χ3v) is 5.55. The second-order valence-corrected chi connectivity index (χ2v) is 6.77. The molecule has 2 rings (SSSR count). The van der Waals surface area contributed by atoms with Crippen molar-refractivity contribution in [1.82, 2.24) is 5.32 Å². The van der Waals surface area contributed by atoms with Crippen LogP contribution in [0.3, 0.4) is 0 Å². The van der Waals surface area contributed by atoms with Crippen molar-refractivity contribution in [2.45, 2.75) is 42.4 Å². The Bertz CT molecular complexity index is 420. The van der Waals surface area contributed by atoms with Crippen molar-refractivity contribution in [1.29, 1.82) is 0 Å². The first kappa shape index (κ1) is 13.7. The van der Waals surface area contributed by atoms with Crippen molar-refractivity contribution >= 4 is 10.8 Å². The van der Waals surface area contributed by atoms with Crippen LogP contribution in [-0.2, 0) is 10.8 Å². The van der Waals surface area contributed by atoms with E-state index >= 15 is 0 Å². The largest absolute Gasteiger partial charge is 0.316 e. The Morgan fingerprint density at radius 3 is 2.56 bits per heavy atom. The predicted octanol–water partition coefficient (Wildman–Crippen LogP) is 2.71. The van der Waals surface area contributed by atoms with Gasteiger partial charge in [0, 0.05) is 10.9 Å². The lowest BCUT2D eigenvalue weighted by atomic mass is 9.87. The third-order valence-electron chi connectivity index (χ3n) is 3.75. The molecule has 4 heteroatoms. The Balaban J connectivity index is 2.17. The van der Waals surface area contributed by atoms with Crippen LogP contribution in [0.1, 0.15) is 26.2 Å². The van der Waals surface area contributed by atoms with Crippen molar-refractivity contribution in [2.24, 2.45) is 5.92 Å². The summed E-state index contributed by atoms with van der Waals surface area (Å²) in [5, 5.41) is 3.40. The number of nitrogens with one attached hydrogen (secondary N) is 1. The van der Waals surface area contributed by atoms with Crippen molar-refractivity contribution < 1.29 is 8.60 Å². The van der Waals surface area contributed by atoms with E-state index in [1.807, 2.05) is 7.05 Å². The second kappa shape index (κ2) is 5.93. The van der Waals surface area contributed by atoms with E-state index in [2.05, 4.69) is 12.2 Å². The van der Waals surface area contributed by atoms with Gasteiger partial charge in [0.25, 0.3) is 0 Å². The lowest BCUT2D eigenvalue weighted by Gasteiger charge is -2.34. The highest BCUT2D eigenvalue weighted by Crippen LogP contribution is 2.30. The Kier molecular flexibility index (Phi) is 4.51. The first-order valence-electron chi connectivity index (χ1n) is 6.45. The summed E-state index contributed by atoms with van der Waals surface area (Å²) in [4.78, 5) is 0.732. The third kappa shape index (κ3) is 2.98. The zero-order chi connectivity index (χ0) is 13.1. The van der Waals surface area contributed by atoms with Crippen LogP contribution in [0.5, 0.6) is 0 Å². The zero-order valence-corrected chi connectivity index (χ0v) is 11.7. The fourth-order valence-corrected chi connectivity index (χ4v) is 4.47. The molecule has 0 spiro atoms. The fourth-order valence-electron chi connectivity index (χ4n) is 2.64. The Labute approximate surface area is 110 Å². The summed E-state index contributed by atoms with van der Waals surface area (Å²) >= 11 is 0. The maximum absolute atomic E-state index is 12.9. The molecule has 0 amide bonds. The van der Waals surface area contributed by atoms with Gasteiger partial charge < -0.3 is 5.32 Å². The molecule has 18 heavy (non-hydrogen) atoms. The van der Waals surface area contributed by atoms with Crippen LogP contribution in [0.2, 0.25) is 0 Å². The molecule has 100 valence electrons. The van der Waals surface area contributed by atoms with Gasteiger partial charge in [0.05, 0.1) is 16.0 Å². The molecule has 1 aromatic carbocycles. The van der Waals surface area contributed by atoms with Gasteiger partial charge in [0.1, 0.15) is 5.82 Å². The molecule has 4 atom stereocenters. The number of rotatable bonds is 3. The second-order valence-electron chi connectivity index (χ2n) is 5.10. The minimum atomic E-state index is -1.06. The molecular formula is C14H20FNOS. The number of hydrogen-bond acceptors (Lipinski definition) is 2. The molecule has 0 heterocycles. The molecule has 1 N–H and O–H groups in total. The van der Waals surface area contributed by atoms with Gasteiger partial charge in [0.15, 0.2) is 0 Å². The Morgan fingerprint density at radius 1 is 1.28 bits per heavy atom. The lowest BCUT2D eigenvalue weighted by molar-refractivity contribution is 0.325. The standard InChI is InChI=1S/C14H20FNOS/c1-10-3-8-13(16-2)14(9-10)18(17)12-6-4-11(15)5-7-12/h4-7,10,13-14,16H,3,8-9H2,1-2H3. The van der Waals surface area contributed by atoms with Crippen molar-refractivity contribution in [3.63, 3.8) is 0 Å². The Morgan fingerprint density at radius 2 is 1.94 bits per heavy atom. The van der Waals surface area contributed by atoms with Crippen LogP contribution < -0.4 is 5.32 Å². The monoisotopic (exact) mass is 269 g/mol. The summed E-state index contributed by atoms with van der Waals surface area (Å²) in [6.45, 7) is 2.21. The summed E-state index contributed by atoms with van der Waals surface area (Å²) < 4.78 is 25.5. The van der Waals surface area contributed by atoms with Crippen LogP contribution in [0.25, 0.3) is 0 Å². The van der Waals surface area contributed by atoms with Gasteiger partial charge in [-0.15, -0.1) is 0 Å². The molecule has 0 radical (unpaired) electrons. The normalized spacial score (nSPS) is 30.1. The van der Waals surface area contributed by atoms with Crippen LogP contribution in [-0.4, -0.2) is 22.5 Å². The van der Waals surface area contributed by atoms with E-state index in [9.17, 15) is 8.60 Å². The minimum Gasteiger partial charge on any atom is -0.316 e.